The van der Waals surface area contributed by atoms with Crippen molar-refractivity contribution in [3.8, 4) is 0 Å². The summed E-state index contributed by atoms with van der Waals surface area (Å²) in [6.07, 6.45) is 12.4. The maximum Gasteiger partial charge on any atom is 0.281 e. The second-order valence-corrected chi connectivity index (χ2v) is 6.62. The quantitative estimate of drug-likeness (QED) is 0.383. The summed E-state index contributed by atoms with van der Waals surface area (Å²) >= 11 is 1.54. The van der Waals surface area contributed by atoms with Crippen molar-refractivity contribution in [1.82, 2.24) is 4.90 Å². The van der Waals surface area contributed by atoms with Crippen LogP contribution in [0.1, 0.15) is 85.0 Å². The number of unbranched alkanes of at least 4 members (excludes halogenated alkanes) is 7. The van der Waals surface area contributed by atoms with Gasteiger partial charge in [-0.1, -0.05) is 77.5 Å². The van der Waals surface area contributed by atoms with Gasteiger partial charge in [0, 0.05) is 18.8 Å². The summed E-state index contributed by atoms with van der Waals surface area (Å²) in [4.78, 5) is 14.2. The average Bonchev–Trinajstić information content (AvgIpc) is 2.46. The fourth-order valence-electron chi connectivity index (χ4n) is 2.13. The molecule has 0 aliphatic carbocycles. The lowest BCUT2D eigenvalue weighted by molar-refractivity contribution is 0.221. The van der Waals surface area contributed by atoms with Crippen molar-refractivity contribution in [2.45, 2.75) is 85.0 Å². The number of hydrogen-bond acceptors (Lipinski definition) is 2. The SMILES string of the molecule is CCCCCCCCSC(=O)N(CCCC)CCCC. The fourth-order valence-corrected chi connectivity index (χ4v) is 3.01. The molecule has 0 bridgehead atoms. The van der Waals surface area contributed by atoms with Gasteiger partial charge in [-0.05, 0) is 19.3 Å². The normalized spacial score (nSPS) is 10.8. The molecule has 0 radical (unpaired) electrons. The lowest BCUT2D eigenvalue weighted by Crippen LogP contribution is -2.30. The van der Waals surface area contributed by atoms with E-state index in [9.17, 15) is 4.79 Å². The summed E-state index contributed by atoms with van der Waals surface area (Å²) in [6, 6.07) is 0. The van der Waals surface area contributed by atoms with Gasteiger partial charge >= 0.3 is 0 Å². The Labute approximate surface area is 131 Å². The molecule has 0 N–H and O–H groups in total. The van der Waals surface area contributed by atoms with E-state index in [0.717, 1.165) is 44.5 Å². The van der Waals surface area contributed by atoms with Gasteiger partial charge in [-0.2, -0.15) is 0 Å². The summed E-state index contributed by atoms with van der Waals surface area (Å²) in [5.74, 6) is 1.000. The highest BCUT2D eigenvalue weighted by molar-refractivity contribution is 8.13. The lowest BCUT2D eigenvalue weighted by atomic mass is 10.1. The first-order valence-corrected chi connectivity index (χ1v) is 9.66. The smallest absolute Gasteiger partial charge is 0.281 e. The Morgan fingerprint density at radius 3 is 1.80 bits per heavy atom. The van der Waals surface area contributed by atoms with Crippen molar-refractivity contribution in [1.29, 1.82) is 0 Å². The fraction of sp³-hybridized carbons (Fsp3) is 0.941. The minimum absolute atomic E-state index is 0.306. The van der Waals surface area contributed by atoms with E-state index in [1.54, 1.807) is 0 Å². The molecule has 0 atom stereocenters. The van der Waals surface area contributed by atoms with E-state index >= 15 is 0 Å². The van der Waals surface area contributed by atoms with Crippen molar-refractivity contribution in [2.24, 2.45) is 0 Å². The van der Waals surface area contributed by atoms with Crippen LogP contribution in [-0.2, 0) is 0 Å². The molecule has 0 heterocycles. The summed E-state index contributed by atoms with van der Waals surface area (Å²) < 4.78 is 0. The third-order valence-electron chi connectivity index (χ3n) is 3.54. The van der Waals surface area contributed by atoms with Crippen LogP contribution in [0.25, 0.3) is 0 Å². The number of nitrogens with zero attached hydrogens (tertiary/aromatic N) is 1. The van der Waals surface area contributed by atoms with Gasteiger partial charge in [-0.3, -0.25) is 4.79 Å². The van der Waals surface area contributed by atoms with E-state index in [1.807, 2.05) is 0 Å². The van der Waals surface area contributed by atoms with Crippen molar-refractivity contribution in [3.05, 3.63) is 0 Å². The molecular weight excluding hydrogens is 266 g/mol. The largest absolute Gasteiger partial charge is 0.334 e. The van der Waals surface area contributed by atoms with Crippen LogP contribution in [-0.4, -0.2) is 29.0 Å². The van der Waals surface area contributed by atoms with Gasteiger partial charge in [0.05, 0.1) is 0 Å². The molecule has 1 amide bonds. The molecular formula is C17H35NOS. The summed E-state index contributed by atoms with van der Waals surface area (Å²) in [5, 5.41) is 0.306. The Morgan fingerprint density at radius 1 is 0.750 bits per heavy atom. The zero-order valence-electron chi connectivity index (χ0n) is 14.0. The second kappa shape index (κ2) is 15.2. The Balaban J connectivity index is 3.71. The van der Waals surface area contributed by atoms with Gasteiger partial charge in [0.15, 0.2) is 0 Å². The van der Waals surface area contributed by atoms with E-state index in [4.69, 9.17) is 0 Å². The molecule has 0 aromatic rings. The summed E-state index contributed by atoms with van der Waals surface area (Å²) in [7, 11) is 0. The Kier molecular flexibility index (Phi) is 15.1. The van der Waals surface area contributed by atoms with Gasteiger partial charge in [-0.25, -0.2) is 0 Å². The number of carbonyl (C=O) groups excluding carboxylic acids is 1. The van der Waals surface area contributed by atoms with Crippen LogP contribution in [0.4, 0.5) is 4.79 Å². The molecule has 3 heteroatoms. The zero-order valence-corrected chi connectivity index (χ0v) is 14.8. The maximum absolute atomic E-state index is 12.2. The third kappa shape index (κ3) is 11.6. The second-order valence-electron chi connectivity index (χ2n) is 5.58. The van der Waals surface area contributed by atoms with Crippen LogP contribution >= 0.6 is 11.8 Å². The van der Waals surface area contributed by atoms with Gasteiger partial charge in [0.1, 0.15) is 0 Å². The molecule has 0 fully saturated rings. The molecule has 0 saturated carbocycles. The Hall–Kier alpha value is -0.180. The van der Waals surface area contributed by atoms with E-state index in [2.05, 4.69) is 25.7 Å². The minimum Gasteiger partial charge on any atom is -0.334 e. The van der Waals surface area contributed by atoms with Gasteiger partial charge in [-0.15, -0.1) is 0 Å². The molecule has 0 aliphatic rings. The molecule has 0 aromatic heterocycles. The monoisotopic (exact) mass is 301 g/mol. The van der Waals surface area contributed by atoms with E-state index in [-0.39, 0.29) is 0 Å². The number of amides is 1. The summed E-state index contributed by atoms with van der Waals surface area (Å²) in [5.41, 5.74) is 0. The number of carbonyl (C=O) groups is 1. The summed E-state index contributed by atoms with van der Waals surface area (Å²) in [6.45, 7) is 8.51. The Bertz CT molecular complexity index is 213. The first kappa shape index (κ1) is 19.8. The zero-order chi connectivity index (χ0) is 15.1. The molecule has 20 heavy (non-hydrogen) atoms. The van der Waals surface area contributed by atoms with E-state index in [1.165, 1.54) is 50.3 Å². The van der Waals surface area contributed by atoms with Gasteiger partial charge in [0.2, 0.25) is 0 Å². The number of thioether (sulfide) groups is 1. The van der Waals surface area contributed by atoms with Crippen molar-refractivity contribution in [2.75, 3.05) is 18.8 Å². The minimum atomic E-state index is 0.306. The molecule has 0 rings (SSSR count). The predicted octanol–water partition coefficient (Wildman–Crippen LogP) is 6.10. The van der Waals surface area contributed by atoms with Gasteiger partial charge in [0.25, 0.3) is 5.24 Å². The molecule has 0 spiro atoms. The maximum atomic E-state index is 12.2. The lowest BCUT2D eigenvalue weighted by Gasteiger charge is -2.21. The molecule has 2 nitrogen and oxygen atoms in total. The molecule has 120 valence electrons. The van der Waals surface area contributed by atoms with Crippen LogP contribution in [0.15, 0.2) is 0 Å². The molecule has 0 aliphatic heterocycles. The first-order chi connectivity index (χ1) is 9.76. The van der Waals surface area contributed by atoms with Crippen molar-refractivity contribution >= 4 is 17.0 Å². The Morgan fingerprint density at radius 2 is 1.25 bits per heavy atom. The van der Waals surface area contributed by atoms with Gasteiger partial charge < -0.3 is 4.90 Å². The molecule has 0 aromatic carbocycles. The van der Waals surface area contributed by atoms with E-state index in [0.29, 0.717) is 5.24 Å². The molecule has 0 saturated heterocycles. The topological polar surface area (TPSA) is 20.3 Å². The third-order valence-corrected chi connectivity index (χ3v) is 4.54. The number of hydrogen-bond donors (Lipinski definition) is 0. The standard InChI is InChI=1S/C17H35NOS/c1-4-7-10-11-12-13-16-20-17(19)18(14-8-5-2)15-9-6-3/h4-16H2,1-3H3. The highest BCUT2D eigenvalue weighted by atomic mass is 32.2. The van der Waals surface area contributed by atoms with Crippen LogP contribution in [0.5, 0.6) is 0 Å². The van der Waals surface area contributed by atoms with E-state index < -0.39 is 0 Å². The van der Waals surface area contributed by atoms with Crippen LogP contribution in [0.2, 0.25) is 0 Å². The van der Waals surface area contributed by atoms with Crippen LogP contribution in [0.3, 0.4) is 0 Å². The predicted molar refractivity (Wildman–Crippen MR) is 92.6 cm³/mol. The highest BCUT2D eigenvalue weighted by Gasteiger charge is 2.12. The average molecular weight is 302 g/mol. The number of rotatable bonds is 13. The van der Waals surface area contributed by atoms with Crippen molar-refractivity contribution in [3.63, 3.8) is 0 Å². The first-order valence-electron chi connectivity index (χ1n) is 8.67. The molecule has 0 unspecified atom stereocenters. The van der Waals surface area contributed by atoms with Crippen LogP contribution in [0, 0.1) is 0 Å². The van der Waals surface area contributed by atoms with Crippen LogP contribution < -0.4 is 0 Å². The van der Waals surface area contributed by atoms with Crippen molar-refractivity contribution < 1.29 is 4.79 Å². The highest BCUT2D eigenvalue weighted by Crippen LogP contribution is 2.15.